The van der Waals surface area contributed by atoms with E-state index in [9.17, 15) is 8.42 Å². The summed E-state index contributed by atoms with van der Waals surface area (Å²) in [5.41, 5.74) is 0.798. The minimum atomic E-state index is -3.35. The van der Waals surface area contributed by atoms with Gasteiger partial charge in [0.15, 0.2) is 0 Å². The van der Waals surface area contributed by atoms with Crippen LogP contribution in [0.4, 0.5) is 5.82 Å². The van der Waals surface area contributed by atoms with Gasteiger partial charge in [-0.15, -0.1) is 0 Å². The first kappa shape index (κ1) is 17.2. The van der Waals surface area contributed by atoms with Crippen LogP contribution in [0.1, 0.15) is 32.1 Å². The van der Waals surface area contributed by atoms with Gasteiger partial charge < -0.3 is 9.88 Å². The van der Waals surface area contributed by atoms with Crippen LogP contribution < -0.4 is 9.62 Å². The van der Waals surface area contributed by atoms with Crippen molar-refractivity contribution in [3.63, 3.8) is 0 Å². The molecule has 138 valence electrons. The van der Waals surface area contributed by atoms with Crippen molar-refractivity contribution >= 4 is 26.9 Å². The SMILES string of the molecule is CN(c1ncnc2[nH]ccc12)[C@H]1C[C@@H](NS(=O)(=O)[C@H]2CCC(C#N)C2)C1. The second-order valence-corrected chi connectivity index (χ2v) is 9.29. The van der Waals surface area contributed by atoms with E-state index in [1.807, 2.05) is 19.3 Å². The van der Waals surface area contributed by atoms with Gasteiger partial charge in [0, 0.05) is 31.2 Å². The topological polar surface area (TPSA) is 115 Å². The molecule has 1 unspecified atom stereocenters. The first-order valence-electron chi connectivity index (χ1n) is 8.89. The first-order chi connectivity index (χ1) is 12.5. The number of nitrogens with zero attached hydrogens (tertiary/aromatic N) is 4. The third-order valence-corrected chi connectivity index (χ3v) is 7.63. The monoisotopic (exact) mass is 374 g/mol. The fraction of sp³-hybridized carbons (Fsp3) is 0.588. The molecule has 8 nitrogen and oxygen atoms in total. The summed E-state index contributed by atoms with van der Waals surface area (Å²) >= 11 is 0. The summed E-state index contributed by atoms with van der Waals surface area (Å²) in [4.78, 5) is 13.8. The Balaban J connectivity index is 1.37. The average Bonchev–Trinajstić information content (AvgIpc) is 3.25. The quantitative estimate of drug-likeness (QED) is 0.820. The third kappa shape index (κ3) is 3.04. The van der Waals surface area contributed by atoms with Gasteiger partial charge in [-0.05, 0) is 38.2 Å². The fourth-order valence-corrected chi connectivity index (χ4v) is 5.76. The van der Waals surface area contributed by atoms with Crippen molar-refractivity contribution in [3.05, 3.63) is 18.6 Å². The zero-order valence-electron chi connectivity index (χ0n) is 14.6. The van der Waals surface area contributed by atoms with Gasteiger partial charge in [0.1, 0.15) is 17.8 Å². The van der Waals surface area contributed by atoms with E-state index in [2.05, 4.69) is 30.6 Å². The van der Waals surface area contributed by atoms with Crippen molar-refractivity contribution in [2.24, 2.45) is 5.92 Å². The molecule has 2 aliphatic carbocycles. The molecule has 0 bridgehead atoms. The molecule has 2 aromatic rings. The average molecular weight is 374 g/mol. The molecular formula is C17H22N6O2S. The summed E-state index contributed by atoms with van der Waals surface area (Å²) < 4.78 is 27.9. The van der Waals surface area contributed by atoms with E-state index in [1.54, 1.807) is 0 Å². The molecule has 2 aromatic heterocycles. The van der Waals surface area contributed by atoms with Gasteiger partial charge in [0.2, 0.25) is 10.0 Å². The van der Waals surface area contributed by atoms with Crippen LogP contribution in [0, 0.1) is 17.2 Å². The van der Waals surface area contributed by atoms with E-state index in [4.69, 9.17) is 5.26 Å². The Morgan fingerprint density at radius 3 is 2.85 bits per heavy atom. The molecule has 0 spiro atoms. The number of sulfonamides is 1. The van der Waals surface area contributed by atoms with Crippen LogP contribution in [0.25, 0.3) is 11.0 Å². The lowest BCUT2D eigenvalue weighted by atomic mass is 9.86. The Hall–Kier alpha value is -2.18. The molecule has 2 fully saturated rings. The highest BCUT2D eigenvalue weighted by Crippen LogP contribution is 2.34. The standard InChI is InChI=1S/C17H22N6O2S/c1-23(17-15-4-5-19-16(15)20-10-21-17)13-7-12(8-13)22-26(24,25)14-3-2-11(6-14)9-18/h4-5,10-14,22H,2-3,6-8H2,1H3,(H,19,20,21)/t11?,12-,13+,14-/m0/s1. The van der Waals surface area contributed by atoms with E-state index < -0.39 is 15.3 Å². The Labute approximate surface area is 152 Å². The van der Waals surface area contributed by atoms with Crippen LogP contribution in [-0.4, -0.2) is 47.8 Å². The van der Waals surface area contributed by atoms with Crippen LogP contribution in [-0.2, 0) is 10.0 Å². The fourth-order valence-electron chi connectivity index (χ4n) is 3.98. The molecule has 2 saturated carbocycles. The maximum absolute atomic E-state index is 12.5. The molecule has 2 N–H and O–H groups in total. The number of rotatable bonds is 5. The number of aromatic nitrogens is 3. The molecule has 9 heteroatoms. The van der Waals surface area contributed by atoms with Crippen molar-refractivity contribution in [2.75, 3.05) is 11.9 Å². The highest BCUT2D eigenvalue weighted by molar-refractivity contribution is 7.90. The maximum Gasteiger partial charge on any atom is 0.214 e. The van der Waals surface area contributed by atoms with E-state index >= 15 is 0 Å². The predicted octanol–water partition coefficient (Wildman–Crippen LogP) is 1.54. The smallest absolute Gasteiger partial charge is 0.214 e. The van der Waals surface area contributed by atoms with Crippen molar-refractivity contribution in [3.8, 4) is 6.07 Å². The number of hydrogen-bond acceptors (Lipinski definition) is 6. The number of nitrogens with one attached hydrogen (secondary N) is 2. The molecule has 4 rings (SSSR count). The lowest BCUT2D eigenvalue weighted by Crippen LogP contribution is -2.54. The summed E-state index contributed by atoms with van der Waals surface area (Å²) in [5.74, 6) is 0.730. The molecule has 0 amide bonds. The maximum atomic E-state index is 12.5. The Kier molecular flexibility index (Phi) is 4.32. The van der Waals surface area contributed by atoms with Gasteiger partial charge in [0.25, 0.3) is 0 Å². The predicted molar refractivity (Wildman–Crippen MR) is 97.9 cm³/mol. The lowest BCUT2D eigenvalue weighted by Gasteiger charge is -2.42. The van der Waals surface area contributed by atoms with E-state index in [1.165, 1.54) is 6.33 Å². The summed E-state index contributed by atoms with van der Waals surface area (Å²) in [6, 6.07) is 4.33. The van der Waals surface area contributed by atoms with Gasteiger partial charge in [-0.2, -0.15) is 5.26 Å². The number of hydrogen-bond donors (Lipinski definition) is 2. The van der Waals surface area contributed by atoms with Crippen LogP contribution in [0.15, 0.2) is 18.6 Å². The molecule has 0 radical (unpaired) electrons. The Morgan fingerprint density at radius 1 is 1.31 bits per heavy atom. The highest BCUT2D eigenvalue weighted by atomic mass is 32.2. The molecule has 26 heavy (non-hydrogen) atoms. The van der Waals surface area contributed by atoms with Crippen molar-refractivity contribution < 1.29 is 8.42 Å². The number of nitriles is 1. The molecule has 2 aliphatic rings. The second-order valence-electron chi connectivity index (χ2n) is 7.29. The molecule has 0 aliphatic heterocycles. The molecule has 0 aromatic carbocycles. The van der Waals surface area contributed by atoms with Crippen LogP contribution in [0.2, 0.25) is 0 Å². The van der Waals surface area contributed by atoms with Crippen molar-refractivity contribution in [1.29, 1.82) is 5.26 Å². The summed E-state index contributed by atoms with van der Waals surface area (Å²) in [5, 5.41) is 9.51. The van der Waals surface area contributed by atoms with Crippen LogP contribution in [0.5, 0.6) is 0 Å². The summed E-state index contributed by atoms with van der Waals surface area (Å²) in [6.07, 6.45) is 6.59. The number of aromatic amines is 1. The summed E-state index contributed by atoms with van der Waals surface area (Å²) in [7, 11) is -1.37. The molecule has 2 atom stereocenters. The van der Waals surface area contributed by atoms with E-state index in [-0.39, 0.29) is 18.0 Å². The normalized spacial score (nSPS) is 28.6. The van der Waals surface area contributed by atoms with Gasteiger partial charge in [-0.25, -0.2) is 23.1 Å². The second kappa shape index (κ2) is 6.52. The Morgan fingerprint density at radius 2 is 2.12 bits per heavy atom. The van der Waals surface area contributed by atoms with Crippen molar-refractivity contribution in [2.45, 2.75) is 49.4 Å². The highest BCUT2D eigenvalue weighted by Gasteiger charge is 2.40. The third-order valence-electron chi connectivity index (χ3n) is 5.66. The minimum Gasteiger partial charge on any atom is -0.356 e. The van der Waals surface area contributed by atoms with Crippen molar-refractivity contribution in [1.82, 2.24) is 19.7 Å². The van der Waals surface area contributed by atoms with Gasteiger partial charge in [-0.3, -0.25) is 0 Å². The van der Waals surface area contributed by atoms with Crippen LogP contribution >= 0.6 is 0 Å². The zero-order valence-corrected chi connectivity index (χ0v) is 15.4. The molecule has 0 saturated heterocycles. The number of H-pyrrole nitrogens is 1. The van der Waals surface area contributed by atoms with Gasteiger partial charge in [0.05, 0.1) is 16.7 Å². The van der Waals surface area contributed by atoms with E-state index in [0.29, 0.717) is 19.3 Å². The molecule has 2 heterocycles. The van der Waals surface area contributed by atoms with Gasteiger partial charge in [-0.1, -0.05) is 0 Å². The molecular weight excluding hydrogens is 352 g/mol. The number of fused-ring (bicyclic) bond motifs is 1. The van der Waals surface area contributed by atoms with E-state index in [0.717, 1.165) is 29.7 Å². The van der Waals surface area contributed by atoms with Crippen LogP contribution in [0.3, 0.4) is 0 Å². The largest absolute Gasteiger partial charge is 0.356 e. The minimum absolute atomic E-state index is 0.0443. The first-order valence-corrected chi connectivity index (χ1v) is 10.4. The zero-order chi connectivity index (χ0) is 18.3. The Bertz CT molecular complexity index is 944. The number of anilines is 1. The summed E-state index contributed by atoms with van der Waals surface area (Å²) in [6.45, 7) is 0. The lowest BCUT2D eigenvalue weighted by molar-refractivity contribution is 0.315. The van der Waals surface area contributed by atoms with Gasteiger partial charge >= 0.3 is 0 Å².